The first-order chi connectivity index (χ1) is 15.7. The number of carbonyl (C=O) groups is 1. The van der Waals surface area contributed by atoms with Gasteiger partial charge >= 0.3 is 6.03 Å². The van der Waals surface area contributed by atoms with E-state index in [1.807, 2.05) is 28.8 Å². The van der Waals surface area contributed by atoms with Crippen LogP contribution in [0.4, 0.5) is 16.2 Å². The maximum atomic E-state index is 13.3. The molecular formula is C25H31N5OS. The van der Waals surface area contributed by atoms with Crippen molar-refractivity contribution in [3.05, 3.63) is 53.9 Å². The van der Waals surface area contributed by atoms with E-state index in [9.17, 15) is 4.79 Å². The Balaban J connectivity index is 1.35. The van der Waals surface area contributed by atoms with Crippen molar-refractivity contribution in [2.24, 2.45) is 0 Å². The third kappa shape index (κ3) is 3.94. The lowest BCUT2D eigenvalue weighted by Gasteiger charge is -2.29. The molecule has 1 unspecified atom stereocenters. The van der Waals surface area contributed by atoms with Crippen molar-refractivity contribution in [2.45, 2.75) is 39.3 Å². The van der Waals surface area contributed by atoms with Crippen molar-refractivity contribution in [2.75, 3.05) is 41.4 Å². The van der Waals surface area contributed by atoms with E-state index < -0.39 is 0 Å². The molecule has 3 aromatic rings. The van der Waals surface area contributed by atoms with Crippen LogP contribution in [0.15, 0.2) is 42.5 Å². The van der Waals surface area contributed by atoms with Crippen LogP contribution in [0.2, 0.25) is 0 Å². The van der Waals surface area contributed by atoms with Crippen molar-refractivity contribution in [1.82, 2.24) is 14.5 Å². The first kappa shape index (κ1) is 21.2. The Labute approximate surface area is 194 Å². The lowest BCUT2D eigenvalue weighted by Crippen LogP contribution is -2.36. The van der Waals surface area contributed by atoms with Gasteiger partial charge in [-0.1, -0.05) is 12.1 Å². The van der Waals surface area contributed by atoms with Gasteiger partial charge in [0.2, 0.25) is 0 Å². The number of urea groups is 1. The average Bonchev–Trinajstić information content (AvgIpc) is 3.45. The topological polar surface area (TPSA) is 53.4 Å². The summed E-state index contributed by atoms with van der Waals surface area (Å²) < 4.78 is 2.25. The van der Waals surface area contributed by atoms with E-state index in [0.29, 0.717) is 0 Å². The van der Waals surface area contributed by atoms with Crippen LogP contribution in [0.5, 0.6) is 0 Å². The molecule has 6 nitrogen and oxygen atoms in total. The van der Waals surface area contributed by atoms with Gasteiger partial charge < -0.3 is 19.7 Å². The molecule has 3 heterocycles. The lowest BCUT2D eigenvalue weighted by atomic mass is 10.1. The number of carbonyl (C=O) groups excluding carboxylic acids is 1. The number of aromatic nitrogens is 2. The highest BCUT2D eigenvalue weighted by Gasteiger charge is 2.33. The van der Waals surface area contributed by atoms with Gasteiger partial charge in [0.1, 0.15) is 5.82 Å². The summed E-state index contributed by atoms with van der Waals surface area (Å²) >= 11 is 2.01. The summed E-state index contributed by atoms with van der Waals surface area (Å²) in [6.45, 7) is 8.00. The van der Waals surface area contributed by atoms with Crippen LogP contribution >= 0.6 is 11.8 Å². The van der Waals surface area contributed by atoms with E-state index >= 15 is 0 Å². The molecule has 1 N–H and O–H groups in total. The molecule has 1 atom stereocenters. The monoisotopic (exact) mass is 449 g/mol. The Bertz CT molecular complexity index is 1120. The molecule has 0 spiro atoms. The molecule has 0 bridgehead atoms. The molecular weight excluding hydrogens is 418 g/mol. The number of fused-ring (bicyclic) bond motifs is 1. The molecule has 2 aromatic carbocycles. The maximum absolute atomic E-state index is 13.3. The highest BCUT2D eigenvalue weighted by atomic mass is 32.2. The van der Waals surface area contributed by atoms with E-state index in [2.05, 4.69) is 59.0 Å². The molecule has 2 fully saturated rings. The largest absolute Gasteiger partial charge is 0.370 e. The Morgan fingerprint density at radius 1 is 1.16 bits per heavy atom. The summed E-state index contributed by atoms with van der Waals surface area (Å²) in [6, 6.07) is 14.6. The molecule has 7 heteroatoms. The van der Waals surface area contributed by atoms with Crippen LogP contribution in [0.1, 0.15) is 37.2 Å². The van der Waals surface area contributed by atoms with Crippen LogP contribution in [0, 0.1) is 6.92 Å². The first-order valence-corrected chi connectivity index (χ1v) is 12.8. The second-order valence-electron chi connectivity index (χ2n) is 8.58. The third-order valence-electron chi connectivity index (χ3n) is 6.64. The molecule has 32 heavy (non-hydrogen) atoms. The number of hydrogen-bond acceptors (Lipinski definition) is 4. The fourth-order valence-electron chi connectivity index (χ4n) is 4.95. The number of likely N-dealkylation sites (tertiary alicyclic amines) is 1. The number of hydrogen-bond donors (Lipinski definition) is 1. The minimum atomic E-state index is -0.0348. The maximum Gasteiger partial charge on any atom is 0.322 e. The van der Waals surface area contributed by atoms with Gasteiger partial charge in [0.15, 0.2) is 0 Å². The number of rotatable bonds is 4. The van der Waals surface area contributed by atoms with Crippen molar-refractivity contribution in [1.29, 1.82) is 0 Å². The van der Waals surface area contributed by atoms with E-state index in [1.165, 1.54) is 17.2 Å². The smallest absolute Gasteiger partial charge is 0.322 e. The van der Waals surface area contributed by atoms with Gasteiger partial charge in [-0.05, 0) is 62.6 Å². The Morgan fingerprint density at radius 2 is 1.97 bits per heavy atom. The number of para-hydroxylation sites is 2. The molecule has 5 rings (SSSR count). The standard InChI is InChI=1S/C25H31N5OS/c1-3-29-22-8-5-4-7-21(22)26-24(29)23-9-6-12-30(23)25(31)27-20-11-10-19(17-18(20)2)28-13-15-32-16-14-28/h4-5,7-8,10-11,17,23H,3,6,9,12-16H2,1-2H3,(H,27,31). The SMILES string of the molecule is CCn1c(C2CCCN2C(=O)Nc2ccc(N3CCSCC3)cc2C)nc2ccccc21. The van der Waals surface area contributed by atoms with Crippen LogP contribution in [-0.4, -0.2) is 51.6 Å². The van der Waals surface area contributed by atoms with Gasteiger partial charge in [-0.3, -0.25) is 0 Å². The molecule has 168 valence electrons. The van der Waals surface area contributed by atoms with Gasteiger partial charge in [0.05, 0.1) is 17.1 Å². The zero-order chi connectivity index (χ0) is 22.1. The number of nitrogens with one attached hydrogen (secondary N) is 1. The first-order valence-electron chi connectivity index (χ1n) is 11.6. The normalized spacial score (nSPS) is 19.0. The minimum Gasteiger partial charge on any atom is -0.370 e. The van der Waals surface area contributed by atoms with Crippen molar-refractivity contribution < 1.29 is 4.79 Å². The third-order valence-corrected chi connectivity index (χ3v) is 7.58. The Hall–Kier alpha value is -2.67. The van der Waals surface area contributed by atoms with Crippen LogP contribution < -0.4 is 10.2 Å². The summed E-state index contributed by atoms with van der Waals surface area (Å²) in [5.74, 6) is 3.35. The number of aryl methyl sites for hydroxylation is 2. The van der Waals surface area contributed by atoms with Gasteiger partial charge in [-0.25, -0.2) is 9.78 Å². The van der Waals surface area contributed by atoms with Crippen LogP contribution in [0.25, 0.3) is 11.0 Å². The Kier molecular flexibility index (Phi) is 6.00. The van der Waals surface area contributed by atoms with Gasteiger partial charge in [0, 0.05) is 49.1 Å². The molecule has 2 aliphatic heterocycles. The molecule has 0 radical (unpaired) electrons. The minimum absolute atomic E-state index is 0.00720. The van der Waals surface area contributed by atoms with E-state index in [4.69, 9.17) is 4.98 Å². The average molecular weight is 450 g/mol. The summed E-state index contributed by atoms with van der Waals surface area (Å²) in [7, 11) is 0. The zero-order valence-corrected chi connectivity index (χ0v) is 19.7. The zero-order valence-electron chi connectivity index (χ0n) is 18.9. The summed E-state index contributed by atoms with van der Waals surface area (Å²) in [5.41, 5.74) is 5.38. The van der Waals surface area contributed by atoms with E-state index in [-0.39, 0.29) is 12.1 Å². The predicted octanol–water partition coefficient (Wildman–Crippen LogP) is 5.29. The molecule has 1 aromatic heterocycles. The fraction of sp³-hybridized carbons (Fsp3) is 0.440. The van der Waals surface area contributed by atoms with E-state index in [0.717, 1.165) is 67.1 Å². The van der Waals surface area contributed by atoms with Gasteiger partial charge in [-0.15, -0.1) is 0 Å². The number of nitrogens with zero attached hydrogens (tertiary/aromatic N) is 4. The number of anilines is 2. The predicted molar refractivity (Wildman–Crippen MR) is 134 cm³/mol. The van der Waals surface area contributed by atoms with E-state index in [1.54, 1.807) is 0 Å². The lowest BCUT2D eigenvalue weighted by molar-refractivity contribution is 0.204. The summed E-state index contributed by atoms with van der Waals surface area (Å²) in [5, 5.41) is 3.18. The van der Waals surface area contributed by atoms with Crippen LogP contribution in [0.3, 0.4) is 0 Å². The highest BCUT2D eigenvalue weighted by molar-refractivity contribution is 7.99. The second-order valence-corrected chi connectivity index (χ2v) is 9.81. The molecule has 0 aliphatic carbocycles. The number of thioether (sulfide) groups is 1. The quantitative estimate of drug-likeness (QED) is 0.588. The Morgan fingerprint density at radius 3 is 2.75 bits per heavy atom. The fourth-order valence-corrected chi connectivity index (χ4v) is 5.86. The van der Waals surface area contributed by atoms with Gasteiger partial charge in [-0.2, -0.15) is 11.8 Å². The number of benzene rings is 2. The van der Waals surface area contributed by atoms with Crippen molar-refractivity contribution in [3.8, 4) is 0 Å². The molecule has 2 saturated heterocycles. The van der Waals surface area contributed by atoms with Gasteiger partial charge in [0.25, 0.3) is 0 Å². The summed E-state index contributed by atoms with van der Waals surface area (Å²) in [4.78, 5) is 22.6. The van der Waals surface area contributed by atoms with Crippen molar-refractivity contribution in [3.63, 3.8) is 0 Å². The van der Waals surface area contributed by atoms with Crippen LogP contribution in [-0.2, 0) is 6.54 Å². The summed E-state index contributed by atoms with van der Waals surface area (Å²) in [6.07, 6.45) is 1.94. The second kappa shape index (κ2) is 9.06. The number of imidazole rings is 1. The molecule has 0 saturated carbocycles. The highest BCUT2D eigenvalue weighted by Crippen LogP contribution is 2.34. The number of amides is 2. The van der Waals surface area contributed by atoms with Crippen molar-refractivity contribution >= 4 is 40.2 Å². The molecule has 2 aliphatic rings. The molecule has 2 amide bonds.